The second-order valence-corrected chi connectivity index (χ2v) is 6.71. The highest BCUT2D eigenvalue weighted by Crippen LogP contribution is 2.37. The third kappa shape index (κ3) is 3.29. The van der Waals surface area contributed by atoms with Crippen LogP contribution >= 0.6 is 15.9 Å². The number of hydrogen-bond donors (Lipinski definition) is 1. The number of rotatable bonds is 4. The monoisotopic (exact) mass is 341 g/mol. The third-order valence-corrected chi connectivity index (χ3v) is 5.15. The first-order valence-electron chi connectivity index (χ1n) is 6.96. The first-order valence-corrected chi connectivity index (χ1v) is 7.76. The molecule has 2 rings (SSSR count). The molecule has 0 aliphatic heterocycles. The van der Waals surface area contributed by atoms with Crippen molar-refractivity contribution in [1.82, 2.24) is 4.98 Å². The van der Waals surface area contributed by atoms with Gasteiger partial charge >= 0.3 is 0 Å². The zero-order chi connectivity index (χ0) is 14.8. The molecular formula is C14H20BrN3O2. The number of nitro groups is 1. The Bertz CT molecular complexity index is 513. The Morgan fingerprint density at radius 1 is 1.45 bits per heavy atom. The Balaban J connectivity index is 2.10. The van der Waals surface area contributed by atoms with Crippen molar-refractivity contribution in [2.45, 2.75) is 46.0 Å². The predicted molar refractivity (Wildman–Crippen MR) is 83.0 cm³/mol. The maximum Gasteiger partial charge on any atom is 0.291 e. The highest BCUT2D eigenvalue weighted by Gasteiger charge is 2.27. The van der Waals surface area contributed by atoms with Gasteiger partial charge in [0.25, 0.3) is 5.69 Å². The van der Waals surface area contributed by atoms with Gasteiger partial charge in [0, 0.05) is 12.1 Å². The van der Waals surface area contributed by atoms with Crippen molar-refractivity contribution in [3.05, 3.63) is 26.3 Å². The molecule has 0 spiro atoms. The van der Waals surface area contributed by atoms with Crippen LogP contribution in [0.5, 0.6) is 0 Å². The van der Waals surface area contributed by atoms with Crippen molar-refractivity contribution < 1.29 is 4.92 Å². The summed E-state index contributed by atoms with van der Waals surface area (Å²) in [5.41, 5.74) is 0.960. The van der Waals surface area contributed by atoms with Crippen molar-refractivity contribution in [3.63, 3.8) is 0 Å². The van der Waals surface area contributed by atoms with Crippen LogP contribution in [0.4, 0.5) is 11.5 Å². The molecule has 1 aliphatic rings. The van der Waals surface area contributed by atoms with Crippen LogP contribution < -0.4 is 5.32 Å². The van der Waals surface area contributed by atoms with E-state index in [4.69, 9.17) is 0 Å². The van der Waals surface area contributed by atoms with Crippen LogP contribution in [0.2, 0.25) is 0 Å². The normalized spacial score (nSPS) is 17.8. The molecule has 1 aromatic rings. The Hall–Kier alpha value is -1.17. The molecule has 1 heterocycles. The van der Waals surface area contributed by atoms with E-state index in [1.54, 1.807) is 6.92 Å². The van der Waals surface area contributed by atoms with Gasteiger partial charge in [-0.3, -0.25) is 10.1 Å². The third-order valence-electron chi connectivity index (χ3n) is 4.18. The summed E-state index contributed by atoms with van der Waals surface area (Å²) in [6.45, 7) is 4.89. The molecule has 20 heavy (non-hydrogen) atoms. The van der Waals surface area contributed by atoms with E-state index in [1.165, 1.54) is 38.3 Å². The van der Waals surface area contributed by atoms with Gasteiger partial charge in [0.05, 0.1) is 9.40 Å². The molecule has 1 aliphatic carbocycles. The minimum atomic E-state index is -0.403. The number of pyridine rings is 1. The van der Waals surface area contributed by atoms with Gasteiger partial charge in [-0.05, 0) is 41.1 Å². The number of hydrogen-bond acceptors (Lipinski definition) is 4. The molecule has 110 valence electrons. The minimum Gasteiger partial charge on any atom is -0.369 e. The van der Waals surface area contributed by atoms with Crippen LogP contribution in [0, 0.1) is 22.5 Å². The van der Waals surface area contributed by atoms with Crippen molar-refractivity contribution in [1.29, 1.82) is 0 Å². The summed E-state index contributed by atoms with van der Waals surface area (Å²) in [5, 5.41) is 14.2. The molecular weight excluding hydrogens is 322 g/mol. The lowest BCUT2D eigenvalue weighted by atomic mass is 9.76. The summed E-state index contributed by atoms with van der Waals surface area (Å²) in [5.74, 6) is 0.694. The van der Waals surface area contributed by atoms with Crippen LogP contribution in [-0.4, -0.2) is 16.5 Å². The fourth-order valence-corrected chi connectivity index (χ4v) is 3.20. The lowest BCUT2D eigenvalue weighted by Crippen LogP contribution is -2.29. The van der Waals surface area contributed by atoms with Gasteiger partial charge in [-0.2, -0.15) is 0 Å². The Kier molecular flexibility index (Phi) is 4.62. The lowest BCUT2D eigenvalue weighted by molar-refractivity contribution is -0.385. The minimum absolute atomic E-state index is 0.0475. The second kappa shape index (κ2) is 6.08. The summed E-state index contributed by atoms with van der Waals surface area (Å²) in [7, 11) is 0. The number of aromatic nitrogens is 1. The van der Waals surface area contributed by atoms with E-state index < -0.39 is 4.92 Å². The number of halogens is 1. The Morgan fingerprint density at radius 3 is 2.70 bits per heavy atom. The van der Waals surface area contributed by atoms with Crippen molar-refractivity contribution in [2.24, 2.45) is 5.41 Å². The Morgan fingerprint density at radius 2 is 2.10 bits per heavy atom. The predicted octanol–water partition coefficient (Wildman–Crippen LogP) is 4.44. The van der Waals surface area contributed by atoms with E-state index in [1.807, 2.05) is 0 Å². The van der Waals surface area contributed by atoms with E-state index >= 15 is 0 Å². The molecule has 0 saturated heterocycles. The van der Waals surface area contributed by atoms with E-state index in [0.717, 1.165) is 6.54 Å². The first-order chi connectivity index (χ1) is 9.43. The van der Waals surface area contributed by atoms with Crippen molar-refractivity contribution in [2.75, 3.05) is 11.9 Å². The maximum absolute atomic E-state index is 10.9. The van der Waals surface area contributed by atoms with Gasteiger partial charge in [-0.1, -0.05) is 26.2 Å². The summed E-state index contributed by atoms with van der Waals surface area (Å²) < 4.78 is 0.686. The van der Waals surface area contributed by atoms with E-state index in [-0.39, 0.29) is 5.69 Å². The van der Waals surface area contributed by atoms with Crippen molar-refractivity contribution >= 4 is 27.4 Å². The molecule has 6 heteroatoms. The average Bonchev–Trinajstić information content (AvgIpc) is 2.41. The maximum atomic E-state index is 10.9. The van der Waals surface area contributed by atoms with Crippen LogP contribution in [0.1, 0.15) is 44.6 Å². The number of anilines is 1. The van der Waals surface area contributed by atoms with E-state index in [2.05, 4.69) is 33.2 Å². The van der Waals surface area contributed by atoms with Crippen LogP contribution in [0.25, 0.3) is 0 Å². The summed E-state index contributed by atoms with van der Waals surface area (Å²) >= 11 is 3.41. The van der Waals surface area contributed by atoms with Crippen LogP contribution in [-0.2, 0) is 0 Å². The molecule has 0 radical (unpaired) electrons. The first kappa shape index (κ1) is 15.2. The van der Waals surface area contributed by atoms with Crippen LogP contribution in [0.15, 0.2) is 10.7 Å². The quantitative estimate of drug-likeness (QED) is 0.649. The van der Waals surface area contributed by atoms with Gasteiger partial charge in [0.2, 0.25) is 0 Å². The Labute approximate surface area is 127 Å². The molecule has 0 amide bonds. The average molecular weight is 342 g/mol. The fraction of sp³-hybridized carbons (Fsp3) is 0.643. The summed E-state index contributed by atoms with van der Waals surface area (Å²) in [6.07, 6.45) is 7.67. The molecule has 1 aromatic heterocycles. The summed E-state index contributed by atoms with van der Waals surface area (Å²) in [4.78, 5) is 14.6. The lowest BCUT2D eigenvalue weighted by Gasteiger charge is -2.34. The zero-order valence-electron chi connectivity index (χ0n) is 11.9. The SMILES string of the molecule is Cc1c([N+](=O)[O-])cnc(NCC2(C)CCCCC2)c1Br. The molecule has 0 unspecified atom stereocenters. The highest BCUT2D eigenvalue weighted by molar-refractivity contribution is 9.10. The van der Waals surface area contributed by atoms with Crippen molar-refractivity contribution in [3.8, 4) is 0 Å². The standard InChI is InChI=1S/C14H20BrN3O2/c1-10-11(18(19)20)8-16-13(12(10)15)17-9-14(2)6-4-3-5-7-14/h8H,3-7,9H2,1-2H3,(H,16,17). The molecule has 1 fully saturated rings. The molecule has 5 nitrogen and oxygen atoms in total. The number of nitrogens with zero attached hydrogens (tertiary/aromatic N) is 2. The molecule has 1 N–H and O–H groups in total. The largest absolute Gasteiger partial charge is 0.369 e. The molecule has 0 bridgehead atoms. The van der Waals surface area contributed by atoms with Gasteiger partial charge in [-0.25, -0.2) is 4.98 Å². The van der Waals surface area contributed by atoms with Crippen LogP contribution in [0.3, 0.4) is 0 Å². The number of nitrogens with one attached hydrogen (secondary N) is 1. The highest BCUT2D eigenvalue weighted by atomic mass is 79.9. The van der Waals surface area contributed by atoms with Gasteiger partial charge in [-0.15, -0.1) is 0 Å². The second-order valence-electron chi connectivity index (χ2n) is 5.91. The summed E-state index contributed by atoms with van der Waals surface area (Å²) in [6, 6.07) is 0. The smallest absolute Gasteiger partial charge is 0.291 e. The molecule has 0 atom stereocenters. The molecule has 0 aromatic carbocycles. The fourth-order valence-electron chi connectivity index (χ4n) is 2.76. The van der Waals surface area contributed by atoms with Gasteiger partial charge < -0.3 is 5.32 Å². The topological polar surface area (TPSA) is 68.1 Å². The molecule has 1 saturated carbocycles. The van der Waals surface area contributed by atoms with E-state index in [9.17, 15) is 10.1 Å². The van der Waals surface area contributed by atoms with E-state index in [0.29, 0.717) is 21.3 Å². The van der Waals surface area contributed by atoms with Gasteiger partial charge in [0.1, 0.15) is 12.0 Å². The zero-order valence-corrected chi connectivity index (χ0v) is 13.5. The van der Waals surface area contributed by atoms with Gasteiger partial charge in [0.15, 0.2) is 0 Å².